The lowest BCUT2D eigenvalue weighted by Crippen LogP contribution is -2.28. The maximum atomic E-state index is 11.4. The zero-order valence-electron chi connectivity index (χ0n) is 16.6. The molecule has 0 atom stereocenters. The number of hydrogen-bond donors (Lipinski definition) is 2. The molecule has 1 saturated carbocycles. The number of carbonyl (C=O) groups excluding carboxylic acids is 1. The Morgan fingerprint density at radius 3 is 2.75 bits per heavy atom. The molecule has 2 aromatic rings. The molecule has 148 valence electrons. The standard InChI is InChI=1S/C20H25N5O3/c1-12-7-17(24-18(22-12)28-11-19(3,4)27)25-10-20(5-6-20)14-9-21-16(8-15(14)25)23-13(2)26/h7-9,27H,5-6,10-11H2,1-4H3,(H,21,23,26). The molecule has 0 radical (unpaired) electrons. The van der Waals surface area contributed by atoms with Crippen LogP contribution in [0.15, 0.2) is 18.3 Å². The molecule has 2 aliphatic rings. The fourth-order valence-corrected chi connectivity index (χ4v) is 3.55. The third-order valence-corrected chi connectivity index (χ3v) is 5.01. The van der Waals surface area contributed by atoms with E-state index in [9.17, 15) is 9.90 Å². The number of aryl methyl sites for hydroxylation is 1. The van der Waals surface area contributed by atoms with Gasteiger partial charge in [-0.2, -0.15) is 4.98 Å². The van der Waals surface area contributed by atoms with Crippen molar-refractivity contribution in [3.63, 3.8) is 0 Å². The first-order valence-corrected chi connectivity index (χ1v) is 9.42. The number of rotatable bonds is 5. The summed E-state index contributed by atoms with van der Waals surface area (Å²) in [6, 6.07) is 4.06. The summed E-state index contributed by atoms with van der Waals surface area (Å²) in [4.78, 5) is 26.9. The van der Waals surface area contributed by atoms with E-state index in [0.29, 0.717) is 5.82 Å². The van der Waals surface area contributed by atoms with E-state index in [1.165, 1.54) is 12.5 Å². The summed E-state index contributed by atoms with van der Waals surface area (Å²) in [5, 5.41) is 12.7. The van der Waals surface area contributed by atoms with Gasteiger partial charge in [-0.3, -0.25) is 4.79 Å². The molecule has 1 spiro atoms. The molecule has 8 heteroatoms. The maximum absolute atomic E-state index is 11.4. The van der Waals surface area contributed by atoms with Crippen molar-refractivity contribution in [2.24, 2.45) is 0 Å². The van der Waals surface area contributed by atoms with Crippen LogP contribution in [0, 0.1) is 6.92 Å². The number of hydrogen-bond acceptors (Lipinski definition) is 7. The smallest absolute Gasteiger partial charge is 0.318 e. The molecule has 0 saturated heterocycles. The molecule has 0 bridgehead atoms. The van der Waals surface area contributed by atoms with Gasteiger partial charge in [0, 0.05) is 48.5 Å². The number of ether oxygens (including phenoxy) is 1. The number of carbonyl (C=O) groups is 1. The van der Waals surface area contributed by atoms with Gasteiger partial charge in [-0.05, 0) is 33.6 Å². The zero-order chi connectivity index (χ0) is 20.1. The Kier molecular flexibility index (Phi) is 4.26. The maximum Gasteiger partial charge on any atom is 0.318 e. The van der Waals surface area contributed by atoms with Crippen LogP contribution in [0.1, 0.15) is 44.9 Å². The van der Waals surface area contributed by atoms with E-state index in [1.54, 1.807) is 13.8 Å². The van der Waals surface area contributed by atoms with Crippen LogP contribution in [0.5, 0.6) is 6.01 Å². The lowest BCUT2D eigenvalue weighted by molar-refractivity contribution is -0.114. The number of amides is 1. The number of nitrogens with one attached hydrogen (secondary N) is 1. The number of fused-ring (bicyclic) bond motifs is 2. The topological polar surface area (TPSA) is 100 Å². The van der Waals surface area contributed by atoms with Crippen molar-refractivity contribution < 1.29 is 14.6 Å². The molecule has 4 rings (SSSR count). The zero-order valence-corrected chi connectivity index (χ0v) is 16.6. The lowest BCUT2D eigenvalue weighted by atomic mass is 10.0. The predicted molar refractivity (Wildman–Crippen MR) is 105 cm³/mol. The van der Waals surface area contributed by atoms with Crippen LogP contribution in [0.2, 0.25) is 0 Å². The fourth-order valence-electron chi connectivity index (χ4n) is 3.55. The summed E-state index contributed by atoms with van der Waals surface area (Å²) >= 11 is 0. The second kappa shape index (κ2) is 6.41. The summed E-state index contributed by atoms with van der Waals surface area (Å²) < 4.78 is 5.62. The molecule has 1 amide bonds. The largest absolute Gasteiger partial charge is 0.460 e. The first-order valence-electron chi connectivity index (χ1n) is 9.42. The molecule has 0 aromatic carbocycles. The van der Waals surface area contributed by atoms with Gasteiger partial charge in [0.1, 0.15) is 18.2 Å². The van der Waals surface area contributed by atoms with E-state index >= 15 is 0 Å². The van der Waals surface area contributed by atoms with Gasteiger partial charge in [0.25, 0.3) is 0 Å². The van der Waals surface area contributed by atoms with Gasteiger partial charge in [0.15, 0.2) is 0 Å². The van der Waals surface area contributed by atoms with Gasteiger partial charge in [0.2, 0.25) is 5.91 Å². The van der Waals surface area contributed by atoms with Crippen LogP contribution < -0.4 is 15.0 Å². The number of aromatic nitrogens is 3. The van der Waals surface area contributed by atoms with Crippen molar-refractivity contribution in [2.75, 3.05) is 23.4 Å². The Labute approximate surface area is 164 Å². The Bertz CT molecular complexity index is 934. The lowest BCUT2D eigenvalue weighted by Gasteiger charge is -2.21. The third kappa shape index (κ3) is 3.64. The summed E-state index contributed by atoms with van der Waals surface area (Å²) in [7, 11) is 0. The van der Waals surface area contributed by atoms with Gasteiger partial charge >= 0.3 is 6.01 Å². The highest BCUT2D eigenvalue weighted by atomic mass is 16.5. The molecule has 2 N–H and O–H groups in total. The normalized spacial score (nSPS) is 16.8. The van der Waals surface area contributed by atoms with Crippen molar-refractivity contribution in [1.29, 1.82) is 0 Å². The minimum absolute atomic E-state index is 0.104. The molecule has 3 heterocycles. The van der Waals surface area contributed by atoms with Gasteiger partial charge in [-0.1, -0.05) is 0 Å². The molecule has 1 aliphatic heterocycles. The second-order valence-corrected chi connectivity index (χ2v) is 8.39. The van der Waals surface area contributed by atoms with Crippen LogP contribution in [-0.2, 0) is 10.2 Å². The fraction of sp³-hybridized carbons (Fsp3) is 0.500. The van der Waals surface area contributed by atoms with Crippen LogP contribution in [0.4, 0.5) is 17.3 Å². The van der Waals surface area contributed by atoms with Gasteiger partial charge in [0.05, 0.1) is 11.3 Å². The average Bonchev–Trinajstić information content (AvgIpc) is 3.29. The van der Waals surface area contributed by atoms with E-state index in [4.69, 9.17) is 4.74 Å². The van der Waals surface area contributed by atoms with Gasteiger partial charge < -0.3 is 20.1 Å². The van der Waals surface area contributed by atoms with E-state index in [2.05, 4.69) is 25.2 Å². The van der Waals surface area contributed by atoms with Crippen molar-refractivity contribution in [1.82, 2.24) is 15.0 Å². The highest BCUT2D eigenvalue weighted by Gasteiger charge is 2.52. The van der Waals surface area contributed by atoms with E-state index in [0.717, 1.165) is 36.6 Å². The summed E-state index contributed by atoms with van der Waals surface area (Å²) in [6.07, 6.45) is 4.10. The minimum Gasteiger partial charge on any atom is -0.460 e. The van der Waals surface area contributed by atoms with Crippen molar-refractivity contribution in [2.45, 2.75) is 51.6 Å². The van der Waals surface area contributed by atoms with Crippen LogP contribution in [0.25, 0.3) is 0 Å². The van der Waals surface area contributed by atoms with Crippen LogP contribution in [-0.4, -0.2) is 44.7 Å². The summed E-state index contributed by atoms with van der Waals surface area (Å²) in [5.74, 6) is 1.11. The molecule has 0 unspecified atom stereocenters. The Balaban J connectivity index is 1.69. The molecular weight excluding hydrogens is 358 g/mol. The van der Waals surface area contributed by atoms with Gasteiger partial charge in [-0.15, -0.1) is 0 Å². The predicted octanol–water partition coefficient (Wildman–Crippen LogP) is 2.47. The van der Waals surface area contributed by atoms with Crippen molar-refractivity contribution in [3.05, 3.63) is 29.6 Å². The van der Waals surface area contributed by atoms with Gasteiger partial charge in [-0.25, -0.2) is 9.97 Å². The highest BCUT2D eigenvalue weighted by molar-refractivity contribution is 5.89. The van der Waals surface area contributed by atoms with Crippen LogP contribution >= 0.6 is 0 Å². The first-order chi connectivity index (χ1) is 13.2. The third-order valence-electron chi connectivity index (χ3n) is 5.01. The van der Waals surface area contributed by atoms with Crippen molar-refractivity contribution in [3.8, 4) is 6.01 Å². The average molecular weight is 383 g/mol. The molecular formula is C20H25N5O3. The Morgan fingerprint density at radius 2 is 2.11 bits per heavy atom. The molecule has 2 aromatic heterocycles. The summed E-state index contributed by atoms with van der Waals surface area (Å²) in [6.45, 7) is 7.62. The highest BCUT2D eigenvalue weighted by Crippen LogP contribution is 2.58. The molecule has 1 fully saturated rings. The first kappa shape index (κ1) is 18.6. The molecule has 28 heavy (non-hydrogen) atoms. The molecule has 1 aliphatic carbocycles. The number of aliphatic hydroxyl groups is 1. The number of pyridine rings is 1. The van der Waals surface area contributed by atoms with E-state index in [1.807, 2.05) is 25.3 Å². The van der Waals surface area contributed by atoms with E-state index in [-0.39, 0.29) is 23.9 Å². The quantitative estimate of drug-likeness (QED) is 0.818. The Morgan fingerprint density at radius 1 is 1.36 bits per heavy atom. The van der Waals surface area contributed by atoms with Crippen molar-refractivity contribution >= 4 is 23.2 Å². The molecule has 8 nitrogen and oxygen atoms in total. The number of anilines is 3. The number of nitrogens with zero attached hydrogens (tertiary/aromatic N) is 4. The minimum atomic E-state index is -0.968. The van der Waals surface area contributed by atoms with E-state index < -0.39 is 5.60 Å². The van der Waals surface area contributed by atoms with Crippen LogP contribution in [0.3, 0.4) is 0 Å². The Hall–Kier alpha value is -2.74. The monoisotopic (exact) mass is 383 g/mol. The summed E-state index contributed by atoms with van der Waals surface area (Å²) in [5.41, 5.74) is 2.12. The SMILES string of the molecule is CC(=O)Nc1cc2c(cn1)C1(CC1)CN2c1cc(C)nc(OCC(C)(C)O)n1. The second-order valence-electron chi connectivity index (χ2n) is 8.39.